The maximum Gasteiger partial charge on any atom is 0.273 e. The van der Waals surface area contributed by atoms with Gasteiger partial charge in [-0.25, -0.2) is 0 Å². The number of phenolic OH excluding ortho intramolecular Hbond substituents is 5. The van der Waals surface area contributed by atoms with Gasteiger partial charge in [0.25, 0.3) is 5.91 Å². The molecule has 0 fully saturated rings. The molecule has 0 aliphatic rings. The Morgan fingerprint density at radius 2 is 1.25 bits per heavy atom. The summed E-state index contributed by atoms with van der Waals surface area (Å²) in [6.07, 6.45) is 8.45. The molecule has 15 heteroatoms. The van der Waals surface area contributed by atoms with E-state index in [4.69, 9.17) is 10.5 Å². The third kappa shape index (κ3) is 11.9. The van der Waals surface area contributed by atoms with Crippen LogP contribution in [0.5, 0.6) is 34.5 Å². The summed E-state index contributed by atoms with van der Waals surface area (Å²) < 4.78 is 5.08. The van der Waals surface area contributed by atoms with E-state index in [9.17, 15) is 50.2 Å². The molecule has 0 aliphatic carbocycles. The average molecular weight is 735 g/mol. The van der Waals surface area contributed by atoms with Crippen LogP contribution in [0.15, 0.2) is 72.8 Å². The lowest BCUT2D eigenvalue weighted by Gasteiger charge is -2.37. The van der Waals surface area contributed by atoms with Crippen LogP contribution in [0.25, 0.3) is 18.2 Å². The number of benzene rings is 3. The van der Waals surface area contributed by atoms with Crippen molar-refractivity contribution in [3.63, 3.8) is 0 Å². The van der Waals surface area contributed by atoms with Crippen LogP contribution in [0.3, 0.4) is 0 Å². The number of amides is 1. The largest absolute Gasteiger partial charge is 0.504 e. The zero-order valence-corrected chi connectivity index (χ0v) is 29.2. The number of allylic oxidation sites excluding steroid dienone is 1. The van der Waals surface area contributed by atoms with Gasteiger partial charge in [-0.1, -0.05) is 30.4 Å². The second kappa shape index (κ2) is 20.4. The van der Waals surface area contributed by atoms with Crippen LogP contribution in [-0.4, -0.2) is 104 Å². The number of methoxy groups -OCH3 is 1. The summed E-state index contributed by atoms with van der Waals surface area (Å²) >= 11 is 0. The van der Waals surface area contributed by atoms with E-state index >= 15 is 0 Å². The van der Waals surface area contributed by atoms with Crippen molar-refractivity contribution in [1.82, 2.24) is 15.7 Å². The first-order valence-electron chi connectivity index (χ1n) is 16.7. The first-order valence-corrected chi connectivity index (χ1v) is 16.7. The predicted octanol–water partition coefficient (Wildman–Crippen LogP) is 2.63. The molecule has 11 N–H and O–H groups in total. The van der Waals surface area contributed by atoms with Gasteiger partial charge in [-0.2, -0.15) is 5.06 Å². The maximum atomic E-state index is 13.9. The summed E-state index contributed by atoms with van der Waals surface area (Å²) in [5.74, 6) is -7.17. The van der Waals surface area contributed by atoms with Crippen LogP contribution in [0.4, 0.5) is 0 Å². The number of nitrogens with zero attached hydrogens (tertiary/aromatic N) is 1. The molecular weight excluding hydrogens is 688 g/mol. The number of ketones is 2. The zero-order valence-electron chi connectivity index (χ0n) is 29.2. The number of hydrogen-bond donors (Lipinski definition) is 10. The normalized spacial score (nSPS) is 13.4. The molecule has 3 rings (SSSR count). The minimum atomic E-state index is -3.22. The lowest BCUT2D eigenvalue weighted by atomic mass is 9.86. The van der Waals surface area contributed by atoms with Crippen LogP contribution < -0.4 is 21.1 Å². The van der Waals surface area contributed by atoms with Gasteiger partial charge < -0.3 is 51.7 Å². The van der Waals surface area contributed by atoms with E-state index in [1.807, 2.05) is 0 Å². The van der Waals surface area contributed by atoms with Crippen LogP contribution in [0.1, 0.15) is 36.0 Å². The molecule has 0 saturated heterocycles. The first-order chi connectivity index (χ1) is 25.3. The fourth-order valence-electron chi connectivity index (χ4n) is 5.04. The van der Waals surface area contributed by atoms with E-state index in [1.54, 1.807) is 0 Å². The highest BCUT2D eigenvalue weighted by Gasteiger charge is 2.52. The Labute approximate surface area is 306 Å². The van der Waals surface area contributed by atoms with Crippen LogP contribution in [0.2, 0.25) is 0 Å². The monoisotopic (exact) mass is 734 g/mol. The van der Waals surface area contributed by atoms with Gasteiger partial charge in [0.2, 0.25) is 11.5 Å². The van der Waals surface area contributed by atoms with Gasteiger partial charge in [0.15, 0.2) is 40.3 Å². The minimum absolute atomic E-state index is 0.0920. The highest BCUT2D eigenvalue weighted by Crippen LogP contribution is 2.30. The second-order valence-electron chi connectivity index (χ2n) is 11.9. The van der Waals surface area contributed by atoms with Crippen molar-refractivity contribution in [2.24, 2.45) is 11.7 Å². The number of hydroxylamine groups is 2. The molecule has 2 atom stereocenters. The van der Waals surface area contributed by atoms with E-state index in [1.165, 1.54) is 61.7 Å². The van der Waals surface area contributed by atoms with Gasteiger partial charge in [0.1, 0.15) is 0 Å². The van der Waals surface area contributed by atoms with Crippen molar-refractivity contribution in [3.8, 4) is 34.5 Å². The lowest BCUT2D eigenvalue weighted by molar-refractivity contribution is -0.251. The molecule has 0 spiro atoms. The fraction of sp³-hybridized carbons (Fsp3) is 0.289. The highest BCUT2D eigenvalue weighted by molar-refractivity contribution is 6.08. The summed E-state index contributed by atoms with van der Waals surface area (Å²) in [6, 6.07) is 11.5. The fourth-order valence-corrected chi connectivity index (χ4v) is 5.04. The average Bonchev–Trinajstić information content (AvgIpc) is 3.15. The Hall–Kier alpha value is -5.71. The molecule has 0 radical (unpaired) electrons. The van der Waals surface area contributed by atoms with Crippen LogP contribution >= 0.6 is 0 Å². The number of nitrogens with two attached hydrogens (primary N) is 1. The molecule has 3 aromatic carbocycles. The van der Waals surface area contributed by atoms with Gasteiger partial charge in [-0.05, 0) is 117 Å². The standard InChI is InChI=1S/C38H46N4O11/c1-53-35-23-27(8-14-32(35)46)10-16-37(50)42(52)38(51,36(49)15-9-26-7-13-31(45)34(48)22-26)28(24-41-19-3-2-18-40-20-4-17-39)29(43)11-5-25-6-12-30(44)33(47)21-25/h5-16,21-23,28,40-41,44-48,51-52H,2-4,17-20,24,39H2,1H3/b11-5+,15-9+,16-10+. The summed E-state index contributed by atoms with van der Waals surface area (Å²) in [4.78, 5) is 41.3. The van der Waals surface area contributed by atoms with E-state index in [0.717, 1.165) is 55.8 Å². The predicted molar refractivity (Wildman–Crippen MR) is 197 cm³/mol. The highest BCUT2D eigenvalue weighted by atomic mass is 16.6. The summed E-state index contributed by atoms with van der Waals surface area (Å²) in [7, 11) is 1.33. The van der Waals surface area contributed by atoms with Crippen molar-refractivity contribution in [2.45, 2.75) is 25.0 Å². The Balaban J connectivity index is 2.01. The molecular formula is C38H46N4O11. The number of ether oxygens (including phenoxy) is 1. The van der Waals surface area contributed by atoms with Crippen molar-refractivity contribution in [1.29, 1.82) is 0 Å². The molecule has 0 bridgehead atoms. The van der Waals surface area contributed by atoms with Gasteiger partial charge in [-0.15, -0.1) is 0 Å². The van der Waals surface area contributed by atoms with Crippen molar-refractivity contribution in [2.75, 3.05) is 39.8 Å². The molecule has 0 aliphatic heterocycles. The Bertz CT molecular complexity index is 1810. The number of carbonyl (C=O) groups is 3. The quantitative estimate of drug-likeness (QED) is 0.0189. The molecule has 3 aromatic rings. The van der Waals surface area contributed by atoms with Crippen molar-refractivity contribution in [3.05, 3.63) is 89.5 Å². The number of hydrogen-bond acceptors (Lipinski definition) is 14. The number of phenols is 5. The SMILES string of the molecule is COc1cc(/C=C/C(=O)N(O)C(O)(C(=O)/C=C/c2ccc(O)c(O)c2)C(CNCCCCNCCCN)C(=O)/C=C/c2ccc(O)c(O)c2)ccc1O. The van der Waals surface area contributed by atoms with Crippen LogP contribution in [0, 0.1) is 5.92 Å². The summed E-state index contributed by atoms with van der Waals surface area (Å²) in [5.41, 5.74) is 3.10. The van der Waals surface area contributed by atoms with E-state index in [-0.39, 0.29) is 27.7 Å². The molecule has 0 saturated carbocycles. The number of aliphatic hydroxyl groups is 1. The van der Waals surface area contributed by atoms with Crippen molar-refractivity contribution >= 4 is 35.7 Å². The van der Waals surface area contributed by atoms with Crippen LogP contribution in [-0.2, 0) is 14.4 Å². The third-order valence-corrected chi connectivity index (χ3v) is 8.08. The summed E-state index contributed by atoms with van der Waals surface area (Å²) in [5, 5.41) is 78.6. The van der Waals surface area contributed by atoms with Gasteiger partial charge >= 0.3 is 0 Å². The molecule has 53 heavy (non-hydrogen) atoms. The molecule has 1 amide bonds. The zero-order chi connectivity index (χ0) is 39.0. The number of rotatable bonds is 21. The maximum absolute atomic E-state index is 13.9. The van der Waals surface area contributed by atoms with E-state index in [2.05, 4.69) is 10.6 Å². The minimum Gasteiger partial charge on any atom is -0.504 e. The number of nitrogens with one attached hydrogen (secondary N) is 2. The second-order valence-corrected chi connectivity index (χ2v) is 11.9. The van der Waals surface area contributed by atoms with Gasteiger partial charge in [0.05, 0.1) is 13.0 Å². The molecule has 284 valence electrons. The molecule has 2 unspecified atom stereocenters. The molecule has 0 heterocycles. The van der Waals surface area contributed by atoms with Gasteiger partial charge in [0, 0.05) is 12.6 Å². The van der Waals surface area contributed by atoms with Gasteiger partial charge in [-0.3, -0.25) is 19.6 Å². The third-order valence-electron chi connectivity index (χ3n) is 8.08. The topological polar surface area (TPSA) is 255 Å². The number of unbranched alkanes of at least 4 members (excludes halogenated alkanes) is 1. The van der Waals surface area contributed by atoms with Crippen molar-refractivity contribution < 1.29 is 55.0 Å². The number of aromatic hydroxyl groups is 5. The summed E-state index contributed by atoms with van der Waals surface area (Å²) in [6.45, 7) is 1.94. The van der Waals surface area contributed by atoms with E-state index < -0.39 is 58.7 Å². The first kappa shape index (κ1) is 41.7. The smallest absolute Gasteiger partial charge is 0.273 e. The van der Waals surface area contributed by atoms with E-state index in [0.29, 0.717) is 31.6 Å². The molecule has 15 nitrogen and oxygen atoms in total. The number of carbonyl (C=O) groups excluding carboxylic acids is 3. The molecule has 0 aromatic heterocycles. The Kier molecular flexibility index (Phi) is 16.0. The Morgan fingerprint density at radius 1 is 0.736 bits per heavy atom. The Morgan fingerprint density at radius 3 is 1.81 bits per heavy atom. The lowest BCUT2D eigenvalue weighted by Crippen LogP contribution is -2.63.